The van der Waals surface area contributed by atoms with E-state index in [4.69, 9.17) is 4.74 Å². The number of anilines is 1. The van der Waals surface area contributed by atoms with Crippen LogP contribution in [0.5, 0.6) is 0 Å². The van der Waals surface area contributed by atoms with Gasteiger partial charge in [0.15, 0.2) is 0 Å². The second-order valence-electron chi connectivity index (χ2n) is 4.57. The molecule has 0 saturated carbocycles. The van der Waals surface area contributed by atoms with Crippen molar-refractivity contribution < 1.29 is 4.74 Å². The molecule has 0 amide bonds. The van der Waals surface area contributed by atoms with Crippen molar-refractivity contribution in [1.82, 2.24) is 10.3 Å². The van der Waals surface area contributed by atoms with Gasteiger partial charge in [-0.3, -0.25) is 0 Å². The highest BCUT2D eigenvalue weighted by atomic mass is 32.2. The maximum Gasteiger partial charge on any atom is 0.131 e. The molecule has 0 radical (unpaired) electrons. The third-order valence-electron chi connectivity index (χ3n) is 2.91. The number of ether oxygens (including phenoxy) is 1. The predicted octanol–water partition coefficient (Wildman–Crippen LogP) is 1.93. The third kappa shape index (κ3) is 5.80. The average Bonchev–Trinajstić information content (AvgIpc) is 2.41. The second kappa shape index (κ2) is 9.18. The van der Waals surface area contributed by atoms with Crippen LogP contribution in [0.15, 0.2) is 12.3 Å². The van der Waals surface area contributed by atoms with Crippen LogP contribution in [0.2, 0.25) is 0 Å². The quantitative estimate of drug-likeness (QED) is 0.701. The second-order valence-corrected chi connectivity index (χ2v) is 5.55. The molecule has 1 N–H and O–H groups in total. The molecular weight excluding hydrogens is 258 g/mol. The zero-order valence-corrected chi connectivity index (χ0v) is 13.2. The molecule has 19 heavy (non-hydrogen) atoms. The summed E-state index contributed by atoms with van der Waals surface area (Å²) in [5.41, 5.74) is 2.45. The van der Waals surface area contributed by atoms with Gasteiger partial charge in [0.25, 0.3) is 0 Å². The first-order valence-corrected chi connectivity index (χ1v) is 7.93. The number of pyridine rings is 1. The Morgan fingerprint density at radius 3 is 2.89 bits per heavy atom. The van der Waals surface area contributed by atoms with Gasteiger partial charge in [0, 0.05) is 45.7 Å². The van der Waals surface area contributed by atoms with Gasteiger partial charge < -0.3 is 15.0 Å². The molecule has 5 heteroatoms. The van der Waals surface area contributed by atoms with Gasteiger partial charge in [-0.05, 0) is 30.4 Å². The van der Waals surface area contributed by atoms with Gasteiger partial charge >= 0.3 is 0 Å². The molecule has 1 rings (SSSR count). The van der Waals surface area contributed by atoms with Gasteiger partial charge in [0.2, 0.25) is 0 Å². The maximum absolute atomic E-state index is 5.00. The highest BCUT2D eigenvalue weighted by Gasteiger charge is 2.06. The molecule has 0 unspecified atom stereocenters. The monoisotopic (exact) mass is 283 g/mol. The van der Waals surface area contributed by atoms with Crippen molar-refractivity contribution in [3.05, 3.63) is 23.4 Å². The number of aryl methyl sites for hydroxylation is 1. The molecule has 0 fully saturated rings. The Morgan fingerprint density at radius 2 is 2.26 bits per heavy atom. The van der Waals surface area contributed by atoms with Crippen LogP contribution in [0.3, 0.4) is 0 Å². The normalized spacial score (nSPS) is 10.7. The van der Waals surface area contributed by atoms with E-state index in [2.05, 4.69) is 41.5 Å². The molecule has 0 aliphatic heterocycles. The van der Waals surface area contributed by atoms with Gasteiger partial charge in [-0.2, -0.15) is 11.8 Å². The highest BCUT2D eigenvalue weighted by Crippen LogP contribution is 2.16. The Hall–Kier alpha value is -0.780. The van der Waals surface area contributed by atoms with Gasteiger partial charge in [-0.15, -0.1) is 0 Å². The van der Waals surface area contributed by atoms with Crippen LogP contribution in [0.1, 0.15) is 11.1 Å². The average molecular weight is 283 g/mol. The van der Waals surface area contributed by atoms with Crippen LogP contribution in [0.4, 0.5) is 5.82 Å². The van der Waals surface area contributed by atoms with E-state index >= 15 is 0 Å². The number of rotatable bonds is 9. The standard InChI is InChI=1S/C14H25N3OS/c1-12-9-13(10-15-5-7-18-3)11-16-14(12)17(2)6-8-19-4/h9,11,15H,5-8,10H2,1-4H3. The number of methoxy groups -OCH3 is 1. The SMILES string of the molecule is COCCNCc1cnc(N(C)CCSC)c(C)c1. The highest BCUT2D eigenvalue weighted by molar-refractivity contribution is 7.98. The molecule has 0 aromatic carbocycles. The molecule has 1 heterocycles. The Labute approximate surface area is 120 Å². The summed E-state index contributed by atoms with van der Waals surface area (Å²) < 4.78 is 5.00. The van der Waals surface area contributed by atoms with E-state index in [1.807, 2.05) is 18.0 Å². The van der Waals surface area contributed by atoms with Crippen molar-refractivity contribution >= 4 is 17.6 Å². The number of hydrogen-bond acceptors (Lipinski definition) is 5. The van der Waals surface area contributed by atoms with Gasteiger partial charge in [0.05, 0.1) is 6.61 Å². The van der Waals surface area contributed by atoms with Crippen LogP contribution in [-0.4, -0.2) is 50.8 Å². The van der Waals surface area contributed by atoms with Crippen molar-refractivity contribution in [3.8, 4) is 0 Å². The lowest BCUT2D eigenvalue weighted by molar-refractivity contribution is 0.199. The minimum atomic E-state index is 0.738. The zero-order valence-electron chi connectivity index (χ0n) is 12.4. The van der Waals surface area contributed by atoms with Crippen LogP contribution in [0.25, 0.3) is 0 Å². The lowest BCUT2D eigenvalue weighted by atomic mass is 10.2. The molecule has 1 aromatic rings. The molecule has 0 saturated heterocycles. The molecule has 108 valence electrons. The minimum absolute atomic E-state index is 0.738. The van der Waals surface area contributed by atoms with Crippen LogP contribution in [-0.2, 0) is 11.3 Å². The first-order chi connectivity index (χ1) is 9.19. The van der Waals surface area contributed by atoms with E-state index in [0.717, 1.165) is 37.8 Å². The Kier molecular flexibility index (Phi) is 7.86. The molecule has 0 bridgehead atoms. The Morgan fingerprint density at radius 1 is 1.47 bits per heavy atom. The van der Waals surface area contributed by atoms with E-state index in [0.29, 0.717) is 0 Å². The lowest BCUT2D eigenvalue weighted by Crippen LogP contribution is -2.23. The first kappa shape index (κ1) is 16.3. The lowest BCUT2D eigenvalue weighted by Gasteiger charge is -2.20. The Bertz CT molecular complexity index is 374. The topological polar surface area (TPSA) is 37.4 Å². The van der Waals surface area contributed by atoms with E-state index in [1.54, 1.807) is 7.11 Å². The summed E-state index contributed by atoms with van der Waals surface area (Å²) in [6, 6.07) is 2.21. The van der Waals surface area contributed by atoms with E-state index in [1.165, 1.54) is 11.1 Å². The third-order valence-corrected chi connectivity index (χ3v) is 3.50. The van der Waals surface area contributed by atoms with Gasteiger partial charge in [-0.25, -0.2) is 4.98 Å². The number of thioether (sulfide) groups is 1. The summed E-state index contributed by atoms with van der Waals surface area (Å²) in [6.45, 7) is 5.59. The number of nitrogens with zero attached hydrogens (tertiary/aromatic N) is 2. The van der Waals surface area contributed by atoms with Gasteiger partial charge in [0.1, 0.15) is 5.82 Å². The van der Waals surface area contributed by atoms with Crippen LogP contribution >= 0.6 is 11.8 Å². The van der Waals surface area contributed by atoms with E-state index in [-0.39, 0.29) is 0 Å². The first-order valence-electron chi connectivity index (χ1n) is 6.54. The largest absolute Gasteiger partial charge is 0.383 e. The van der Waals surface area contributed by atoms with Crippen molar-refractivity contribution in [2.75, 3.05) is 50.8 Å². The summed E-state index contributed by atoms with van der Waals surface area (Å²) >= 11 is 1.86. The van der Waals surface area contributed by atoms with Crippen molar-refractivity contribution in [3.63, 3.8) is 0 Å². The van der Waals surface area contributed by atoms with Crippen LogP contribution in [0, 0.1) is 6.92 Å². The molecule has 0 aliphatic rings. The zero-order chi connectivity index (χ0) is 14.1. The molecule has 0 atom stereocenters. The van der Waals surface area contributed by atoms with Gasteiger partial charge in [-0.1, -0.05) is 0 Å². The molecule has 0 spiro atoms. The van der Waals surface area contributed by atoms with E-state index in [9.17, 15) is 0 Å². The van der Waals surface area contributed by atoms with Crippen molar-refractivity contribution in [1.29, 1.82) is 0 Å². The summed E-state index contributed by atoms with van der Waals surface area (Å²) in [4.78, 5) is 6.79. The summed E-state index contributed by atoms with van der Waals surface area (Å²) in [5, 5.41) is 3.33. The summed E-state index contributed by atoms with van der Waals surface area (Å²) in [7, 11) is 3.81. The molecule has 4 nitrogen and oxygen atoms in total. The fraction of sp³-hybridized carbons (Fsp3) is 0.643. The number of nitrogens with one attached hydrogen (secondary N) is 1. The van der Waals surface area contributed by atoms with Crippen LogP contribution < -0.4 is 10.2 Å². The van der Waals surface area contributed by atoms with E-state index < -0.39 is 0 Å². The smallest absolute Gasteiger partial charge is 0.131 e. The summed E-state index contributed by atoms with van der Waals surface area (Å²) in [6.07, 6.45) is 4.08. The number of aromatic nitrogens is 1. The molecular formula is C14H25N3OS. The summed E-state index contributed by atoms with van der Waals surface area (Å²) in [5.74, 6) is 2.20. The Balaban J connectivity index is 2.53. The minimum Gasteiger partial charge on any atom is -0.383 e. The molecule has 0 aliphatic carbocycles. The fourth-order valence-corrected chi connectivity index (χ4v) is 2.32. The predicted molar refractivity (Wildman–Crippen MR) is 84.2 cm³/mol. The van der Waals surface area contributed by atoms with Crippen molar-refractivity contribution in [2.45, 2.75) is 13.5 Å². The fourth-order valence-electron chi connectivity index (χ4n) is 1.86. The number of hydrogen-bond donors (Lipinski definition) is 1. The van der Waals surface area contributed by atoms with Crippen molar-refractivity contribution in [2.24, 2.45) is 0 Å². The maximum atomic E-state index is 5.00. The molecule has 1 aromatic heterocycles.